The molecule has 106 valence electrons. The molecule has 1 atom stereocenters. The van der Waals surface area contributed by atoms with Crippen LogP contribution in [-0.4, -0.2) is 15.0 Å². The van der Waals surface area contributed by atoms with E-state index in [-0.39, 0.29) is 0 Å². The molecule has 0 aromatic carbocycles. The summed E-state index contributed by atoms with van der Waals surface area (Å²) in [5.74, 6) is 2.07. The fraction of sp³-hybridized carbons (Fsp3) is 0.533. The molecule has 2 N–H and O–H groups in total. The van der Waals surface area contributed by atoms with Crippen molar-refractivity contribution < 1.29 is 0 Å². The van der Waals surface area contributed by atoms with Crippen LogP contribution in [-0.2, 0) is 12.8 Å². The van der Waals surface area contributed by atoms with E-state index in [1.165, 1.54) is 36.3 Å². The molecule has 1 aliphatic carbocycles. The topological polar surface area (TPSA) is 64.7 Å². The predicted molar refractivity (Wildman–Crippen MR) is 82.7 cm³/mol. The fourth-order valence-corrected chi connectivity index (χ4v) is 4.11. The van der Waals surface area contributed by atoms with Crippen molar-refractivity contribution in [2.75, 3.05) is 5.73 Å². The zero-order chi connectivity index (χ0) is 14.1. The van der Waals surface area contributed by atoms with Gasteiger partial charge in [-0.1, -0.05) is 19.8 Å². The molecular weight excluding hydrogens is 268 g/mol. The van der Waals surface area contributed by atoms with E-state index < -0.39 is 0 Å². The van der Waals surface area contributed by atoms with Gasteiger partial charge in [0.15, 0.2) is 0 Å². The summed E-state index contributed by atoms with van der Waals surface area (Å²) in [6.07, 6.45) is 7.93. The van der Waals surface area contributed by atoms with Gasteiger partial charge in [0.1, 0.15) is 16.6 Å². The van der Waals surface area contributed by atoms with Crippen LogP contribution < -0.4 is 5.73 Å². The number of nitrogens with two attached hydrogens (primary N) is 1. The van der Waals surface area contributed by atoms with Crippen molar-refractivity contribution in [1.82, 2.24) is 15.0 Å². The molecule has 0 aliphatic heterocycles. The Labute approximate surface area is 123 Å². The molecule has 0 saturated carbocycles. The van der Waals surface area contributed by atoms with Crippen molar-refractivity contribution in [3.05, 3.63) is 22.6 Å². The van der Waals surface area contributed by atoms with E-state index in [0.29, 0.717) is 11.6 Å². The monoisotopic (exact) mass is 288 g/mol. The smallest absolute Gasteiger partial charge is 0.137 e. The van der Waals surface area contributed by atoms with Crippen molar-refractivity contribution in [3.8, 4) is 10.6 Å². The van der Waals surface area contributed by atoms with Crippen LogP contribution in [0.4, 0.5) is 5.82 Å². The molecule has 0 amide bonds. The number of rotatable bonds is 3. The van der Waals surface area contributed by atoms with Gasteiger partial charge in [0.2, 0.25) is 0 Å². The highest BCUT2D eigenvalue weighted by Gasteiger charge is 2.23. The molecule has 4 nitrogen and oxygen atoms in total. The molecule has 3 rings (SSSR count). The van der Waals surface area contributed by atoms with Crippen LogP contribution in [0, 0.1) is 12.8 Å². The zero-order valence-electron chi connectivity index (χ0n) is 12.0. The molecule has 0 fully saturated rings. The number of thiazole rings is 1. The number of nitrogen functional groups attached to an aromatic ring is 1. The molecule has 2 heterocycles. The maximum Gasteiger partial charge on any atom is 0.137 e. The molecular formula is C15H20N4S. The Balaban J connectivity index is 1.90. The molecule has 0 saturated heterocycles. The molecule has 20 heavy (non-hydrogen) atoms. The van der Waals surface area contributed by atoms with E-state index in [9.17, 15) is 0 Å². The van der Waals surface area contributed by atoms with Crippen molar-refractivity contribution in [2.24, 2.45) is 5.92 Å². The summed E-state index contributed by atoms with van der Waals surface area (Å²) in [6, 6.07) is 0. The lowest BCUT2D eigenvalue weighted by atomic mass is 9.88. The fourth-order valence-electron chi connectivity index (χ4n) is 2.87. The van der Waals surface area contributed by atoms with Crippen LogP contribution >= 0.6 is 11.3 Å². The highest BCUT2D eigenvalue weighted by Crippen LogP contribution is 2.36. The number of fused-ring (bicyclic) bond motifs is 1. The second kappa shape index (κ2) is 5.48. The Bertz CT molecular complexity index is 620. The lowest BCUT2D eigenvalue weighted by Gasteiger charge is -2.20. The van der Waals surface area contributed by atoms with Gasteiger partial charge in [-0.15, -0.1) is 11.3 Å². The van der Waals surface area contributed by atoms with E-state index in [2.05, 4.69) is 16.9 Å². The van der Waals surface area contributed by atoms with E-state index in [0.717, 1.165) is 22.9 Å². The van der Waals surface area contributed by atoms with Crippen LogP contribution in [0.2, 0.25) is 0 Å². The first-order chi connectivity index (χ1) is 9.67. The molecule has 0 radical (unpaired) electrons. The van der Waals surface area contributed by atoms with Gasteiger partial charge in [0.25, 0.3) is 0 Å². The van der Waals surface area contributed by atoms with Crippen molar-refractivity contribution in [1.29, 1.82) is 0 Å². The molecule has 1 aliphatic rings. The van der Waals surface area contributed by atoms with Crippen LogP contribution in [0.5, 0.6) is 0 Å². The summed E-state index contributed by atoms with van der Waals surface area (Å²) >= 11 is 1.77. The molecule has 2 aromatic heterocycles. The molecule has 1 unspecified atom stereocenters. The summed E-state index contributed by atoms with van der Waals surface area (Å²) in [4.78, 5) is 14.7. The largest absolute Gasteiger partial charge is 0.383 e. The highest BCUT2D eigenvalue weighted by molar-refractivity contribution is 7.15. The van der Waals surface area contributed by atoms with Crippen molar-refractivity contribution >= 4 is 17.2 Å². The van der Waals surface area contributed by atoms with E-state index in [4.69, 9.17) is 10.7 Å². The Hall–Kier alpha value is -1.49. The van der Waals surface area contributed by atoms with Gasteiger partial charge in [-0.05, 0) is 32.1 Å². The van der Waals surface area contributed by atoms with Gasteiger partial charge in [-0.3, -0.25) is 0 Å². The lowest BCUT2D eigenvalue weighted by molar-refractivity contribution is 0.424. The standard InChI is InChI=1S/C15H20N4S/c1-3-4-10-5-6-12-13(7-10)20-15(19-12)11-8-17-9(2)18-14(11)16/h8,10H,3-7H2,1-2H3,(H2,16,17,18). The summed E-state index contributed by atoms with van der Waals surface area (Å²) in [5.41, 5.74) is 8.14. The Morgan fingerprint density at radius 3 is 3.00 bits per heavy atom. The summed E-state index contributed by atoms with van der Waals surface area (Å²) in [5, 5.41) is 0.977. The minimum atomic E-state index is 0.536. The van der Waals surface area contributed by atoms with E-state index in [1.54, 1.807) is 17.5 Å². The summed E-state index contributed by atoms with van der Waals surface area (Å²) in [6.45, 7) is 4.11. The first-order valence-corrected chi connectivity index (χ1v) is 8.07. The maximum atomic E-state index is 6.00. The lowest BCUT2D eigenvalue weighted by Crippen LogP contribution is -2.12. The highest BCUT2D eigenvalue weighted by atomic mass is 32.1. The number of aryl methyl sites for hydroxylation is 2. The van der Waals surface area contributed by atoms with Gasteiger partial charge in [0, 0.05) is 11.1 Å². The van der Waals surface area contributed by atoms with Crippen LogP contribution in [0.15, 0.2) is 6.20 Å². The predicted octanol–water partition coefficient (Wildman–Crippen LogP) is 3.40. The average molecular weight is 288 g/mol. The quantitative estimate of drug-likeness (QED) is 0.940. The summed E-state index contributed by atoms with van der Waals surface area (Å²) < 4.78 is 0. The maximum absolute atomic E-state index is 6.00. The Morgan fingerprint density at radius 1 is 1.40 bits per heavy atom. The van der Waals surface area contributed by atoms with Gasteiger partial charge in [-0.25, -0.2) is 15.0 Å². The minimum absolute atomic E-state index is 0.536. The third kappa shape index (κ3) is 2.54. The van der Waals surface area contributed by atoms with Crippen molar-refractivity contribution in [2.45, 2.75) is 46.0 Å². The number of anilines is 1. The van der Waals surface area contributed by atoms with Gasteiger partial charge in [0.05, 0.1) is 11.3 Å². The normalized spacial score (nSPS) is 18.0. The first kappa shape index (κ1) is 13.5. The third-order valence-corrected chi connectivity index (χ3v) is 5.06. The van der Waals surface area contributed by atoms with E-state index in [1.807, 2.05) is 6.92 Å². The zero-order valence-corrected chi connectivity index (χ0v) is 12.8. The van der Waals surface area contributed by atoms with Gasteiger partial charge in [-0.2, -0.15) is 0 Å². The third-order valence-electron chi connectivity index (χ3n) is 3.91. The SMILES string of the molecule is CCCC1CCc2nc(-c3cnc(C)nc3N)sc2C1. The second-order valence-electron chi connectivity index (χ2n) is 5.50. The Morgan fingerprint density at radius 2 is 2.25 bits per heavy atom. The number of aromatic nitrogens is 3. The number of hydrogen-bond donors (Lipinski definition) is 1. The molecule has 5 heteroatoms. The van der Waals surface area contributed by atoms with Gasteiger partial charge >= 0.3 is 0 Å². The first-order valence-electron chi connectivity index (χ1n) is 7.25. The number of nitrogens with zero attached hydrogens (tertiary/aromatic N) is 3. The number of hydrogen-bond acceptors (Lipinski definition) is 5. The molecule has 2 aromatic rings. The van der Waals surface area contributed by atoms with Crippen LogP contribution in [0.3, 0.4) is 0 Å². The van der Waals surface area contributed by atoms with Crippen molar-refractivity contribution in [3.63, 3.8) is 0 Å². The minimum Gasteiger partial charge on any atom is -0.383 e. The molecule has 0 bridgehead atoms. The summed E-state index contributed by atoms with van der Waals surface area (Å²) in [7, 11) is 0. The van der Waals surface area contributed by atoms with Crippen LogP contribution in [0.1, 0.15) is 42.6 Å². The van der Waals surface area contributed by atoms with E-state index >= 15 is 0 Å². The average Bonchev–Trinajstić information content (AvgIpc) is 2.81. The van der Waals surface area contributed by atoms with Gasteiger partial charge < -0.3 is 5.73 Å². The van der Waals surface area contributed by atoms with Crippen LogP contribution in [0.25, 0.3) is 10.6 Å². The molecule has 0 spiro atoms. The second-order valence-corrected chi connectivity index (χ2v) is 6.59. The Kier molecular flexibility index (Phi) is 3.70.